The minimum atomic E-state index is 0.501. The molecule has 0 aliphatic heterocycles. The van der Waals surface area contributed by atoms with E-state index in [4.69, 9.17) is 5.73 Å². The molecule has 0 unspecified atom stereocenters. The van der Waals surface area contributed by atoms with Crippen molar-refractivity contribution >= 4 is 16.9 Å². The van der Waals surface area contributed by atoms with E-state index in [1.807, 2.05) is 12.1 Å². The number of hydrogen-bond acceptors (Lipinski definition) is 4. The van der Waals surface area contributed by atoms with Gasteiger partial charge in [-0.1, -0.05) is 0 Å². The number of nitrogen functional groups attached to an aromatic ring is 1. The van der Waals surface area contributed by atoms with E-state index in [9.17, 15) is 0 Å². The van der Waals surface area contributed by atoms with E-state index < -0.39 is 0 Å². The summed E-state index contributed by atoms with van der Waals surface area (Å²) in [6.07, 6.45) is 5.16. The third-order valence-electron chi connectivity index (χ3n) is 2.34. The predicted molar refractivity (Wildman–Crippen MR) is 61.5 cm³/mol. The van der Waals surface area contributed by atoms with Crippen LogP contribution in [0.15, 0.2) is 36.8 Å². The molecule has 78 valence electrons. The Morgan fingerprint density at radius 1 is 1.12 bits per heavy atom. The van der Waals surface area contributed by atoms with Crippen LogP contribution in [0, 0.1) is 0 Å². The van der Waals surface area contributed by atoms with Gasteiger partial charge in [0.15, 0.2) is 0 Å². The molecule has 0 saturated heterocycles. The Bertz CT molecular complexity index is 593. The highest BCUT2D eigenvalue weighted by Gasteiger charge is 2.04. The van der Waals surface area contributed by atoms with Crippen LogP contribution in [0.2, 0.25) is 0 Å². The van der Waals surface area contributed by atoms with Crippen LogP contribution in [-0.2, 0) is 0 Å². The zero-order valence-corrected chi connectivity index (χ0v) is 8.38. The van der Waals surface area contributed by atoms with Crippen LogP contribution in [0.25, 0.3) is 22.4 Å². The summed E-state index contributed by atoms with van der Waals surface area (Å²) in [6.45, 7) is 0. The first-order valence-electron chi connectivity index (χ1n) is 4.84. The molecule has 5 heteroatoms. The maximum absolute atomic E-state index is 5.53. The van der Waals surface area contributed by atoms with Crippen LogP contribution < -0.4 is 5.73 Å². The van der Waals surface area contributed by atoms with E-state index in [0.29, 0.717) is 5.82 Å². The Kier molecular flexibility index (Phi) is 1.83. The van der Waals surface area contributed by atoms with Gasteiger partial charge in [0.25, 0.3) is 0 Å². The number of pyridine rings is 2. The monoisotopic (exact) mass is 211 g/mol. The second kappa shape index (κ2) is 3.30. The average Bonchev–Trinajstić information content (AvgIpc) is 2.73. The van der Waals surface area contributed by atoms with Crippen molar-refractivity contribution in [2.75, 3.05) is 5.73 Å². The summed E-state index contributed by atoms with van der Waals surface area (Å²) in [5.41, 5.74) is 8.24. The molecule has 0 aromatic carbocycles. The van der Waals surface area contributed by atoms with Gasteiger partial charge in [-0.25, -0.2) is 9.97 Å². The highest BCUT2D eigenvalue weighted by molar-refractivity contribution is 5.78. The van der Waals surface area contributed by atoms with Crippen molar-refractivity contribution in [2.45, 2.75) is 0 Å². The van der Waals surface area contributed by atoms with Gasteiger partial charge in [-0.2, -0.15) is 0 Å². The molecule has 0 atom stereocenters. The zero-order valence-electron chi connectivity index (χ0n) is 8.38. The van der Waals surface area contributed by atoms with Gasteiger partial charge in [0.05, 0.1) is 17.2 Å². The van der Waals surface area contributed by atoms with Gasteiger partial charge in [-0.15, -0.1) is 0 Å². The Morgan fingerprint density at radius 3 is 2.81 bits per heavy atom. The average molecular weight is 211 g/mol. The van der Waals surface area contributed by atoms with E-state index in [1.165, 1.54) is 0 Å². The lowest BCUT2D eigenvalue weighted by atomic mass is 10.3. The summed E-state index contributed by atoms with van der Waals surface area (Å²) < 4.78 is 0. The summed E-state index contributed by atoms with van der Waals surface area (Å²) in [5, 5.41) is 0. The predicted octanol–water partition coefficient (Wildman–Crippen LogP) is 1.60. The molecule has 0 fully saturated rings. The summed E-state index contributed by atoms with van der Waals surface area (Å²) in [4.78, 5) is 15.7. The Labute approximate surface area is 91.4 Å². The molecule has 3 aromatic rings. The van der Waals surface area contributed by atoms with E-state index in [-0.39, 0.29) is 0 Å². The molecule has 0 bridgehead atoms. The second-order valence-electron chi connectivity index (χ2n) is 3.45. The largest absolute Gasteiger partial charge is 0.384 e. The number of nitrogens with two attached hydrogens (primary N) is 1. The molecule has 3 N–H and O–H groups in total. The van der Waals surface area contributed by atoms with Crippen LogP contribution in [0.1, 0.15) is 0 Å². The fourth-order valence-corrected chi connectivity index (χ4v) is 1.54. The molecule has 0 saturated carbocycles. The highest BCUT2D eigenvalue weighted by Crippen LogP contribution is 2.19. The Hall–Kier alpha value is -2.43. The number of fused-ring (bicyclic) bond motifs is 1. The van der Waals surface area contributed by atoms with Crippen LogP contribution >= 0.6 is 0 Å². The molecular formula is C11H9N5. The molecule has 0 aliphatic rings. The molecule has 0 spiro atoms. The minimum absolute atomic E-state index is 0.501. The second-order valence-corrected chi connectivity index (χ2v) is 3.45. The fourth-order valence-electron chi connectivity index (χ4n) is 1.54. The number of aromatic nitrogens is 4. The van der Waals surface area contributed by atoms with Gasteiger partial charge >= 0.3 is 0 Å². The lowest BCUT2D eigenvalue weighted by molar-refractivity contribution is 1.28. The van der Waals surface area contributed by atoms with Gasteiger partial charge in [-0.3, -0.25) is 4.98 Å². The highest BCUT2D eigenvalue weighted by atomic mass is 14.9. The molecule has 0 amide bonds. The molecule has 3 rings (SSSR count). The summed E-state index contributed by atoms with van der Waals surface area (Å²) >= 11 is 0. The molecule has 5 nitrogen and oxygen atoms in total. The van der Waals surface area contributed by atoms with Gasteiger partial charge in [-0.05, 0) is 18.2 Å². The van der Waals surface area contributed by atoms with Crippen LogP contribution in [0.4, 0.5) is 5.82 Å². The first kappa shape index (κ1) is 8.84. The first-order valence-corrected chi connectivity index (χ1v) is 4.84. The van der Waals surface area contributed by atoms with Crippen molar-refractivity contribution in [1.82, 2.24) is 19.9 Å². The van der Waals surface area contributed by atoms with E-state index in [1.54, 1.807) is 24.7 Å². The quantitative estimate of drug-likeness (QED) is 0.640. The van der Waals surface area contributed by atoms with E-state index >= 15 is 0 Å². The van der Waals surface area contributed by atoms with Gasteiger partial charge in [0.2, 0.25) is 0 Å². The van der Waals surface area contributed by atoms with Crippen molar-refractivity contribution in [1.29, 1.82) is 0 Å². The number of hydrogen-bond donors (Lipinski definition) is 2. The zero-order chi connectivity index (χ0) is 11.0. The number of H-pyrrole nitrogens is 1. The Balaban J connectivity index is 2.15. The number of imidazole rings is 1. The Morgan fingerprint density at radius 2 is 2.06 bits per heavy atom. The van der Waals surface area contributed by atoms with E-state index in [0.717, 1.165) is 22.4 Å². The number of nitrogens with zero attached hydrogens (tertiary/aromatic N) is 3. The maximum Gasteiger partial charge on any atom is 0.140 e. The van der Waals surface area contributed by atoms with Crippen molar-refractivity contribution in [3.8, 4) is 11.4 Å². The normalized spacial score (nSPS) is 10.8. The lowest BCUT2D eigenvalue weighted by Crippen LogP contribution is -1.89. The third kappa shape index (κ3) is 1.38. The summed E-state index contributed by atoms with van der Waals surface area (Å²) in [5.74, 6) is 1.28. The summed E-state index contributed by atoms with van der Waals surface area (Å²) in [7, 11) is 0. The van der Waals surface area contributed by atoms with Crippen LogP contribution in [0.5, 0.6) is 0 Å². The smallest absolute Gasteiger partial charge is 0.140 e. The molecule has 0 radical (unpaired) electrons. The van der Waals surface area contributed by atoms with Crippen molar-refractivity contribution in [3.05, 3.63) is 36.8 Å². The maximum atomic E-state index is 5.53. The van der Waals surface area contributed by atoms with Crippen molar-refractivity contribution in [2.24, 2.45) is 0 Å². The number of aromatic amines is 1. The topological polar surface area (TPSA) is 80.5 Å². The van der Waals surface area contributed by atoms with Gasteiger partial charge < -0.3 is 10.7 Å². The van der Waals surface area contributed by atoms with Gasteiger partial charge in [0, 0.05) is 18.0 Å². The molecule has 16 heavy (non-hydrogen) atoms. The number of anilines is 1. The third-order valence-corrected chi connectivity index (χ3v) is 2.34. The first-order chi connectivity index (χ1) is 7.83. The van der Waals surface area contributed by atoms with Crippen molar-refractivity contribution in [3.63, 3.8) is 0 Å². The molecule has 3 aromatic heterocycles. The molecule has 0 aliphatic carbocycles. The van der Waals surface area contributed by atoms with E-state index in [2.05, 4.69) is 19.9 Å². The van der Waals surface area contributed by atoms with Crippen molar-refractivity contribution < 1.29 is 0 Å². The SMILES string of the molecule is Nc1ccc(-c2nc3ccncc3[nH]2)cn1. The standard InChI is InChI=1S/C11H9N5/c12-10-2-1-7(5-14-10)11-15-8-3-4-13-6-9(8)16-11/h1-6H,(H2,12,14)(H,15,16). The summed E-state index contributed by atoms with van der Waals surface area (Å²) in [6, 6.07) is 5.49. The molecule has 3 heterocycles. The number of nitrogens with one attached hydrogen (secondary N) is 1. The minimum Gasteiger partial charge on any atom is -0.384 e. The molecular weight excluding hydrogens is 202 g/mol. The lowest BCUT2D eigenvalue weighted by Gasteiger charge is -1.95. The van der Waals surface area contributed by atoms with Gasteiger partial charge in [0.1, 0.15) is 11.6 Å². The van der Waals surface area contributed by atoms with Crippen LogP contribution in [0.3, 0.4) is 0 Å². The fraction of sp³-hybridized carbons (Fsp3) is 0. The number of rotatable bonds is 1. The van der Waals surface area contributed by atoms with Crippen LogP contribution in [-0.4, -0.2) is 19.9 Å².